The zero-order chi connectivity index (χ0) is 18.6. The minimum atomic E-state index is -3.67. The highest BCUT2D eigenvalue weighted by Gasteiger charge is 2.22. The number of benzene rings is 1. The van der Waals surface area contributed by atoms with E-state index in [0.717, 1.165) is 4.31 Å². The van der Waals surface area contributed by atoms with Crippen LogP contribution in [0.5, 0.6) is 5.75 Å². The molecular formula is C16H20N4O4S. The lowest BCUT2D eigenvalue weighted by molar-refractivity contribution is -0.111. The van der Waals surface area contributed by atoms with E-state index in [1.807, 2.05) is 0 Å². The van der Waals surface area contributed by atoms with Crippen LogP contribution in [0.15, 0.2) is 41.4 Å². The van der Waals surface area contributed by atoms with Gasteiger partial charge >= 0.3 is 0 Å². The molecule has 1 N–H and O–H groups in total. The number of amides is 1. The molecule has 1 amide bonds. The Morgan fingerprint density at radius 1 is 1.32 bits per heavy atom. The predicted octanol–water partition coefficient (Wildman–Crippen LogP) is 1.33. The lowest BCUT2D eigenvalue weighted by Crippen LogP contribution is -2.22. The topological polar surface area (TPSA) is 93.5 Å². The summed E-state index contributed by atoms with van der Waals surface area (Å²) < 4.78 is 32.6. The smallest absolute Gasteiger partial charge is 0.249 e. The zero-order valence-electron chi connectivity index (χ0n) is 14.4. The molecule has 0 saturated carbocycles. The van der Waals surface area contributed by atoms with Gasteiger partial charge in [0.2, 0.25) is 15.9 Å². The van der Waals surface area contributed by atoms with E-state index in [0.29, 0.717) is 11.4 Å². The average Bonchev–Trinajstić information content (AvgIpc) is 2.97. The van der Waals surface area contributed by atoms with Crippen molar-refractivity contribution in [1.29, 1.82) is 0 Å². The Bertz CT molecular complexity index is 901. The van der Waals surface area contributed by atoms with Crippen LogP contribution < -0.4 is 10.1 Å². The Morgan fingerprint density at radius 2 is 2.04 bits per heavy atom. The second-order valence-corrected chi connectivity index (χ2v) is 7.52. The van der Waals surface area contributed by atoms with Crippen LogP contribution in [0, 0.1) is 0 Å². The number of nitrogens with one attached hydrogen (secondary N) is 1. The molecule has 0 unspecified atom stereocenters. The number of sulfonamides is 1. The van der Waals surface area contributed by atoms with Crippen molar-refractivity contribution in [3.8, 4) is 5.75 Å². The van der Waals surface area contributed by atoms with Crippen LogP contribution >= 0.6 is 0 Å². The Hall–Kier alpha value is -2.65. The minimum absolute atomic E-state index is 0.0345. The van der Waals surface area contributed by atoms with Crippen molar-refractivity contribution in [3.63, 3.8) is 0 Å². The molecule has 1 aromatic heterocycles. The fourth-order valence-electron chi connectivity index (χ4n) is 2.02. The Labute approximate surface area is 146 Å². The van der Waals surface area contributed by atoms with Crippen molar-refractivity contribution in [2.75, 3.05) is 26.5 Å². The summed E-state index contributed by atoms with van der Waals surface area (Å²) in [5.41, 5.74) is 0.553. The van der Waals surface area contributed by atoms with Crippen molar-refractivity contribution < 1.29 is 17.9 Å². The molecule has 0 radical (unpaired) electrons. The molecule has 0 atom stereocenters. The van der Waals surface area contributed by atoms with Crippen molar-refractivity contribution in [3.05, 3.63) is 42.1 Å². The van der Waals surface area contributed by atoms with Gasteiger partial charge in [-0.1, -0.05) is 6.07 Å². The number of hydrogen-bond donors (Lipinski definition) is 1. The quantitative estimate of drug-likeness (QED) is 0.781. The van der Waals surface area contributed by atoms with Gasteiger partial charge in [-0.25, -0.2) is 12.7 Å². The summed E-state index contributed by atoms with van der Waals surface area (Å²) in [7, 11) is 2.37. The van der Waals surface area contributed by atoms with Gasteiger partial charge in [0.1, 0.15) is 10.6 Å². The highest BCUT2D eigenvalue weighted by atomic mass is 32.2. The molecule has 0 aliphatic heterocycles. The first-order chi connectivity index (χ1) is 11.7. The molecule has 25 heavy (non-hydrogen) atoms. The van der Waals surface area contributed by atoms with Crippen LogP contribution in [-0.4, -0.2) is 49.6 Å². The molecule has 0 saturated heterocycles. The number of carbonyl (C=O) groups is 1. The van der Waals surface area contributed by atoms with Crippen LogP contribution in [0.3, 0.4) is 0 Å². The van der Waals surface area contributed by atoms with Crippen molar-refractivity contribution in [2.45, 2.75) is 4.90 Å². The monoisotopic (exact) mass is 364 g/mol. The number of methoxy groups -OCH3 is 1. The molecule has 0 bridgehead atoms. The van der Waals surface area contributed by atoms with Crippen LogP contribution in [0.25, 0.3) is 6.08 Å². The highest BCUT2D eigenvalue weighted by Crippen LogP contribution is 2.27. The lowest BCUT2D eigenvalue weighted by Gasteiger charge is -2.14. The van der Waals surface area contributed by atoms with Gasteiger partial charge in [-0.05, 0) is 23.8 Å². The predicted molar refractivity (Wildman–Crippen MR) is 94.7 cm³/mol. The van der Waals surface area contributed by atoms with Gasteiger partial charge in [-0.2, -0.15) is 5.10 Å². The van der Waals surface area contributed by atoms with E-state index in [4.69, 9.17) is 4.74 Å². The molecule has 2 rings (SSSR count). The van der Waals surface area contributed by atoms with Gasteiger partial charge in [0, 0.05) is 39.5 Å². The molecular weight excluding hydrogens is 344 g/mol. The minimum Gasteiger partial charge on any atom is -0.495 e. The number of rotatable bonds is 6. The molecule has 2 aromatic rings. The first-order valence-corrected chi connectivity index (χ1v) is 8.77. The number of nitrogens with zero attached hydrogens (tertiary/aromatic N) is 3. The number of carbonyl (C=O) groups excluding carboxylic acids is 1. The van der Waals surface area contributed by atoms with Crippen molar-refractivity contribution in [2.24, 2.45) is 7.05 Å². The number of hydrogen-bond acceptors (Lipinski definition) is 5. The van der Waals surface area contributed by atoms with Crippen molar-refractivity contribution >= 4 is 27.8 Å². The van der Waals surface area contributed by atoms with Gasteiger partial charge in [0.25, 0.3) is 0 Å². The Morgan fingerprint density at radius 3 is 2.60 bits per heavy atom. The normalized spacial score (nSPS) is 11.9. The van der Waals surface area contributed by atoms with E-state index >= 15 is 0 Å². The Balaban J connectivity index is 2.23. The van der Waals surface area contributed by atoms with Crippen LogP contribution in [-0.2, 0) is 21.9 Å². The number of ether oxygens (including phenoxy) is 1. The second kappa shape index (κ2) is 7.49. The summed E-state index contributed by atoms with van der Waals surface area (Å²) in [6.45, 7) is 0. The molecule has 9 heteroatoms. The van der Waals surface area contributed by atoms with Gasteiger partial charge in [0.15, 0.2) is 5.82 Å². The second-order valence-electron chi connectivity index (χ2n) is 5.39. The SMILES string of the molecule is COc1ccc(/C=C/C(=O)Nc2ccn(C)n2)cc1S(=O)(=O)N(C)C. The summed E-state index contributed by atoms with van der Waals surface area (Å²) in [6, 6.07) is 6.34. The van der Waals surface area contributed by atoms with E-state index in [1.54, 1.807) is 36.1 Å². The maximum atomic E-state index is 12.4. The van der Waals surface area contributed by atoms with Crippen molar-refractivity contribution in [1.82, 2.24) is 14.1 Å². The van der Waals surface area contributed by atoms with E-state index in [2.05, 4.69) is 10.4 Å². The molecule has 0 aliphatic rings. The molecule has 8 nitrogen and oxygen atoms in total. The molecule has 0 spiro atoms. The maximum absolute atomic E-state index is 12.4. The summed E-state index contributed by atoms with van der Waals surface area (Å²) >= 11 is 0. The highest BCUT2D eigenvalue weighted by molar-refractivity contribution is 7.89. The van der Waals surface area contributed by atoms with E-state index in [-0.39, 0.29) is 16.6 Å². The Kier molecular flexibility index (Phi) is 5.60. The van der Waals surface area contributed by atoms with Crippen LogP contribution in [0.4, 0.5) is 5.82 Å². The molecule has 1 aromatic carbocycles. The van der Waals surface area contributed by atoms with E-state index < -0.39 is 10.0 Å². The maximum Gasteiger partial charge on any atom is 0.249 e. The number of aromatic nitrogens is 2. The first kappa shape index (κ1) is 18.7. The van der Waals surface area contributed by atoms with Gasteiger partial charge in [-0.15, -0.1) is 0 Å². The lowest BCUT2D eigenvalue weighted by atomic mass is 10.2. The molecule has 0 aliphatic carbocycles. The third kappa shape index (κ3) is 4.46. The standard InChI is InChI=1S/C16H20N4O4S/c1-19(2)25(22,23)14-11-12(5-7-13(14)24-4)6-8-16(21)17-15-9-10-20(3)18-15/h5-11H,1-4H3,(H,17,18,21)/b8-6+. The van der Waals surface area contributed by atoms with E-state index in [1.165, 1.54) is 39.4 Å². The summed E-state index contributed by atoms with van der Waals surface area (Å²) in [5.74, 6) is 0.304. The van der Waals surface area contributed by atoms with E-state index in [9.17, 15) is 13.2 Å². The third-order valence-corrected chi connectivity index (χ3v) is 5.17. The zero-order valence-corrected chi connectivity index (χ0v) is 15.2. The first-order valence-electron chi connectivity index (χ1n) is 7.33. The average molecular weight is 364 g/mol. The molecule has 134 valence electrons. The fourth-order valence-corrected chi connectivity index (χ4v) is 3.10. The van der Waals surface area contributed by atoms with Crippen LogP contribution in [0.1, 0.15) is 5.56 Å². The molecule has 1 heterocycles. The summed E-state index contributed by atoms with van der Waals surface area (Å²) in [5, 5.41) is 6.65. The largest absolute Gasteiger partial charge is 0.495 e. The fraction of sp³-hybridized carbons (Fsp3) is 0.250. The third-order valence-electron chi connectivity index (χ3n) is 3.34. The number of aryl methyl sites for hydroxylation is 1. The molecule has 0 fully saturated rings. The number of anilines is 1. The van der Waals surface area contributed by atoms with Gasteiger partial charge in [-0.3, -0.25) is 9.48 Å². The van der Waals surface area contributed by atoms with Gasteiger partial charge in [0.05, 0.1) is 7.11 Å². The summed E-state index contributed by atoms with van der Waals surface area (Å²) in [6.07, 6.45) is 4.54. The van der Waals surface area contributed by atoms with Crippen LogP contribution in [0.2, 0.25) is 0 Å². The van der Waals surface area contributed by atoms with Gasteiger partial charge < -0.3 is 10.1 Å². The summed E-state index contributed by atoms with van der Waals surface area (Å²) in [4.78, 5) is 11.9.